The molecule has 14 bridgehead atoms. The van der Waals surface area contributed by atoms with Gasteiger partial charge in [0.15, 0.2) is 44.0 Å². The molecule has 21 rings (SSSR count). The van der Waals surface area contributed by atoms with Gasteiger partial charge in [-0.2, -0.15) is 58.9 Å². The van der Waals surface area contributed by atoms with Crippen LogP contribution in [0.15, 0.2) is 0 Å². The highest BCUT2D eigenvalue weighted by atomic mass is 32.3. The molecule has 1 unspecified atom stereocenters. The van der Waals surface area contributed by atoms with E-state index < -0.39 is 334 Å². The summed E-state index contributed by atoms with van der Waals surface area (Å²) in [4.78, 5) is 0. The predicted molar refractivity (Wildman–Crippen MR) is 301 cm³/mol. The van der Waals surface area contributed by atoms with E-state index in [0.29, 0.717) is 0 Å². The SMILES string of the molecule is O=S(=O)(O)OC[C@@H]1O[C@H]2O[C@@H]3[C@@H](O)[C@H](O)[C@H](O[C@@H]4[C@H](O)[C@H](O)C(O[C@@H]5[C@@H](O)[C@H](O)[C@H](O[C@@H]6[C@@H](O)[C@H](O)[C@H](O[C@@H]7[C@@H](O)[C@H](O)[C@H](O[C@@H]8[C@@H](O)[C@@H](O)[C@H](O[C@@H]1[C@H](O)[C@@H]2O)O[C@H]8COS(=O)(=O)O)O[C@H]7COS(=O)(=O)O)O[C@H]6COS(=O)(=O)O)O[C@H]5COS(=O)(=O)O)O[C@H]4COS(=O)(=O)O)O[C@H]3COS(=O)(=O)O. The minimum atomic E-state index is -5.67. The van der Waals surface area contributed by atoms with Crippen molar-refractivity contribution in [2.24, 2.45) is 0 Å². The van der Waals surface area contributed by atoms with Crippen molar-refractivity contribution in [1.82, 2.24) is 0 Å². The van der Waals surface area contributed by atoms with Crippen LogP contribution in [-0.4, -0.2) is 423 Å². The molecule has 0 aromatic rings. The lowest BCUT2D eigenvalue weighted by atomic mass is 9.95. The molecule has 616 valence electrons. The van der Waals surface area contributed by atoms with Crippen LogP contribution in [-0.2, 0) is 168 Å². The molecule has 21 saturated heterocycles. The summed E-state index contributed by atoms with van der Waals surface area (Å²) < 4.78 is 343. The summed E-state index contributed by atoms with van der Waals surface area (Å²) in [6.07, 6.45) is -93.1. The summed E-state index contributed by atoms with van der Waals surface area (Å²) in [6, 6.07) is 0. The third-order valence-corrected chi connectivity index (χ3v) is 19.2. The van der Waals surface area contributed by atoms with Crippen LogP contribution in [0.3, 0.4) is 0 Å². The maximum Gasteiger partial charge on any atom is 0.397 e. The van der Waals surface area contributed by atoms with Gasteiger partial charge in [0.25, 0.3) is 0 Å². The van der Waals surface area contributed by atoms with Gasteiger partial charge in [-0.25, -0.2) is 29.3 Å². The Morgan fingerprint density at radius 2 is 0.267 bits per heavy atom. The maximum atomic E-state index is 12.0. The lowest BCUT2D eigenvalue weighted by Gasteiger charge is -2.50. The van der Waals surface area contributed by atoms with Gasteiger partial charge in [-0.15, -0.1) is 0 Å². The second-order valence-electron chi connectivity index (χ2n) is 23.4. The van der Waals surface area contributed by atoms with E-state index in [9.17, 15) is 162 Å². The third-order valence-electron chi connectivity index (χ3n) is 16.2. The van der Waals surface area contributed by atoms with Gasteiger partial charge in [0.05, 0.1) is 46.2 Å². The minimum Gasteiger partial charge on any atom is -0.387 e. The Morgan fingerprint density at radius 1 is 0.171 bits per heavy atom. The molecule has 21 aliphatic rings. The second-order valence-corrected chi connectivity index (χ2v) is 31.0. The fourth-order valence-corrected chi connectivity index (χ4v) is 13.5. The molecular formula is C42H70O56S7. The second kappa shape index (κ2) is 34.7. The summed E-state index contributed by atoms with van der Waals surface area (Å²) in [5.74, 6) is 0. The lowest BCUT2D eigenvalue weighted by molar-refractivity contribution is -0.395. The number of aliphatic hydroxyl groups excluding tert-OH is 14. The largest absolute Gasteiger partial charge is 0.397 e. The number of ether oxygens (including phenoxy) is 14. The normalized spacial score (nSPS) is 44.9. The van der Waals surface area contributed by atoms with Gasteiger partial charge in [-0.1, -0.05) is 0 Å². The molecule has 0 radical (unpaired) electrons. The average Bonchev–Trinajstić information content (AvgIpc) is 0.789. The van der Waals surface area contributed by atoms with E-state index in [1.54, 1.807) is 0 Å². The van der Waals surface area contributed by atoms with Crippen LogP contribution in [0, 0.1) is 0 Å². The van der Waals surface area contributed by atoms with Crippen molar-refractivity contribution in [3.8, 4) is 0 Å². The number of rotatable bonds is 21. The molecule has 56 nitrogen and oxygen atoms in total. The zero-order valence-corrected chi connectivity index (χ0v) is 57.4. The first-order valence-corrected chi connectivity index (χ1v) is 38.8. The quantitative estimate of drug-likeness (QED) is 0.0475. The van der Waals surface area contributed by atoms with Crippen LogP contribution in [0.25, 0.3) is 0 Å². The van der Waals surface area contributed by atoms with E-state index in [-0.39, 0.29) is 0 Å². The number of hydrogen-bond acceptors (Lipinski definition) is 49. The van der Waals surface area contributed by atoms with Crippen molar-refractivity contribution in [2.75, 3.05) is 46.2 Å². The van der Waals surface area contributed by atoms with Crippen molar-refractivity contribution in [1.29, 1.82) is 0 Å². The Hall–Kier alpha value is -2.03. The molecule has 0 aliphatic carbocycles. The maximum absolute atomic E-state index is 12.0. The van der Waals surface area contributed by atoms with E-state index in [2.05, 4.69) is 29.3 Å². The Balaban J connectivity index is 1.23. The molecule has 105 heavy (non-hydrogen) atoms. The van der Waals surface area contributed by atoms with E-state index in [0.717, 1.165) is 0 Å². The monoisotopic (exact) mass is 1690 g/mol. The average molecular weight is 1700 g/mol. The molecule has 0 saturated carbocycles. The molecule has 63 heteroatoms. The van der Waals surface area contributed by atoms with Crippen LogP contribution in [0.4, 0.5) is 0 Å². The van der Waals surface area contributed by atoms with Gasteiger partial charge in [-0.3, -0.25) is 31.9 Å². The van der Waals surface area contributed by atoms with Crippen molar-refractivity contribution < 1.29 is 258 Å². The first kappa shape index (κ1) is 88.5. The lowest BCUT2D eigenvalue weighted by Crippen LogP contribution is -2.68. The highest BCUT2D eigenvalue weighted by Gasteiger charge is 2.61. The molecule has 21 N–H and O–H groups in total. The van der Waals surface area contributed by atoms with Gasteiger partial charge in [0, 0.05) is 0 Å². The highest BCUT2D eigenvalue weighted by molar-refractivity contribution is 7.82. The smallest absolute Gasteiger partial charge is 0.387 e. The standard InChI is InChI=1S/C42H70O56S7/c43-15-22(50)36-85-8(1-78-99(57,58)59)29(15)92-37-23(51)16(44)31(10(86-37)3-80-101(63,64)65)94-39-25(53)18(46)33(12(88-39)5-82-103(69,70)71)96-41-27(55)20(48)35(14(90-41)7-84-105(75,76)77)98-42-28(56)21(49)34(13(91-42)6-83-104(72,73)74)97-40-26(54)19(47)32(11(89-40)4-81-102(66,67)68)95-38-24(52)17(45)30(93-36)9(87-38)2-79-100(60,61)62/h8-56H,1-7H2,(H,57,58,59)(H,60,61,62)(H,63,64,65)(H,66,67,68)(H,69,70,71)(H,72,73,74)(H,75,76,77)/t8-,9-,10-,11-,12-,13-,14-,15-,16-,17-,18-,19+,20+,21-,22-,23-,24+,25-,26-,27-,28-,29-,30-,31-,32-,33-,34-,35-,36-,37-,38-,39-,40-,41?,42-/m0/s1. The fraction of sp³-hybridized carbons (Fsp3) is 1.00. The van der Waals surface area contributed by atoms with Crippen LogP contribution in [0.5, 0.6) is 0 Å². The van der Waals surface area contributed by atoms with Gasteiger partial charge in [0.2, 0.25) is 0 Å². The molecule has 0 amide bonds. The highest BCUT2D eigenvalue weighted by Crippen LogP contribution is 2.40. The van der Waals surface area contributed by atoms with Gasteiger partial charge in [-0.05, 0) is 0 Å². The van der Waals surface area contributed by atoms with Crippen LogP contribution < -0.4 is 0 Å². The first-order chi connectivity index (χ1) is 48.2. The third kappa shape index (κ3) is 23.6. The van der Waals surface area contributed by atoms with Crippen LogP contribution in [0.2, 0.25) is 0 Å². The van der Waals surface area contributed by atoms with Crippen LogP contribution in [0.1, 0.15) is 0 Å². The summed E-state index contributed by atoms with van der Waals surface area (Å²) in [5.41, 5.74) is 0. The summed E-state index contributed by atoms with van der Waals surface area (Å²) in [7, 11) is -39.7. The molecule has 0 aromatic heterocycles. The number of hydrogen-bond donors (Lipinski definition) is 21. The molecule has 35 atom stereocenters. The van der Waals surface area contributed by atoms with Gasteiger partial charge < -0.3 is 138 Å². The zero-order valence-electron chi connectivity index (χ0n) is 51.7. The molecule has 21 heterocycles. The summed E-state index contributed by atoms with van der Waals surface area (Å²) >= 11 is 0. The Bertz CT molecular complexity index is 3040. The van der Waals surface area contributed by atoms with Crippen molar-refractivity contribution >= 4 is 72.8 Å². The Kier molecular flexibility index (Phi) is 29.3. The summed E-state index contributed by atoms with van der Waals surface area (Å²) in [5, 5.41) is 163. The van der Waals surface area contributed by atoms with E-state index in [4.69, 9.17) is 66.3 Å². The fourth-order valence-electron chi connectivity index (χ4n) is 11.4. The van der Waals surface area contributed by atoms with Gasteiger partial charge >= 0.3 is 72.8 Å². The van der Waals surface area contributed by atoms with Crippen molar-refractivity contribution in [2.45, 2.75) is 215 Å². The Morgan fingerprint density at radius 3 is 0.352 bits per heavy atom. The van der Waals surface area contributed by atoms with Crippen molar-refractivity contribution in [3.05, 3.63) is 0 Å². The molecular weight excluding hydrogens is 1620 g/mol. The van der Waals surface area contributed by atoms with E-state index in [1.165, 1.54) is 0 Å². The molecule has 0 aromatic carbocycles. The predicted octanol–water partition coefficient (Wildman–Crippen LogP) is -16.4. The van der Waals surface area contributed by atoms with E-state index >= 15 is 0 Å². The van der Waals surface area contributed by atoms with E-state index in [1.807, 2.05) is 0 Å². The number of aliphatic hydroxyl groups is 14. The minimum absolute atomic E-state index is 1.65. The topological polar surface area (TPSA) is 858 Å². The molecule has 21 fully saturated rings. The molecule has 0 spiro atoms. The first-order valence-electron chi connectivity index (χ1n) is 29.2. The molecule has 21 aliphatic heterocycles. The zero-order chi connectivity index (χ0) is 78.5. The summed E-state index contributed by atoms with van der Waals surface area (Å²) in [6.45, 7) is -11.6. The van der Waals surface area contributed by atoms with Gasteiger partial charge in [0.1, 0.15) is 171 Å². The van der Waals surface area contributed by atoms with Crippen LogP contribution >= 0.6 is 0 Å². The van der Waals surface area contributed by atoms with Crippen molar-refractivity contribution in [3.63, 3.8) is 0 Å². The Labute approximate surface area is 589 Å².